The molecule has 4 aromatic rings. The van der Waals surface area contributed by atoms with Gasteiger partial charge in [0.25, 0.3) is 0 Å². The molecule has 0 fully saturated rings. The summed E-state index contributed by atoms with van der Waals surface area (Å²) in [6, 6.07) is 16.3. The van der Waals surface area contributed by atoms with Crippen molar-refractivity contribution in [3.05, 3.63) is 82.5 Å². The first-order chi connectivity index (χ1) is 17.0. The third-order valence-corrected chi connectivity index (χ3v) is 6.49. The molecule has 0 bridgehead atoms. The molecule has 2 aromatic carbocycles. The van der Waals surface area contributed by atoms with E-state index in [1.54, 1.807) is 30.5 Å². The molecule has 35 heavy (non-hydrogen) atoms. The van der Waals surface area contributed by atoms with E-state index in [9.17, 15) is 9.18 Å². The summed E-state index contributed by atoms with van der Waals surface area (Å²) in [5.41, 5.74) is 1.15. The highest BCUT2D eigenvalue weighted by atomic mass is 35.5. The summed E-state index contributed by atoms with van der Waals surface area (Å²) in [6.07, 6.45) is 1.71. The minimum absolute atomic E-state index is 0.0213. The van der Waals surface area contributed by atoms with Gasteiger partial charge in [0, 0.05) is 22.8 Å². The number of hydrogen-bond acceptors (Lipinski definition) is 6. The summed E-state index contributed by atoms with van der Waals surface area (Å²) >= 11 is 13.7. The van der Waals surface area contributed by atoms with E-state index in [-0.39, 0.29) is 24.6 Å². The van der Waals surface area contributed by atoms with Gasteiger partial charge in [-0.25, -0.2) is 4.39 Å². The number of halogens is 3. The van der Waals surface area contributed by atoms with E-state index in [0.29, 0.717) is 44.6 Å². The van der Waals surface area contributed by atoms with Crippen LogP contribution in [-0.4, -0.2) is 33.0 Å². The van der Waals surface area contributed by atoms with Crippen molar-refractivity contribution < 1.29 is 13.6 Å². The number of rotatable bonds is 9. The fraction of sp³-hybridized carbons (Fsp3) is 0.167. The Morgan fingerprint density at radius 2 is 1.97 bits per heavy atom. The van der Waals surface area contributed by atoms with Crippen molar-refractivity contribution in [3.8, 4) is 17.5 Å². The van der Waals surface area contributed by atoms with E-state index >= 15 is 0 Å². The van der Waals surface area contributed by atoms with Crippen LogP contribution >= 0.6 is 35.0 Å². The lowest BCUT2D eigenvalue weighted by atomic mass is 10.2. The minimum Gasteiger partial charge on any atom is -0.467 e. The summed E-state index contributed by atoms with van der Waals surface area (Å²) in [7, 11) is 0. The Morgan fingerprint density at radius 1 is 1.17 bits per heavy atom. The molecule has 0 saturated carbocycles. The number of nitrogens with zero attached hydrogens (tertiary/aromatic N) is 5. The molecular weight excluding hydrogens is 512 g/mol. The number of furan rings is 1. The maximum absolute atomic E-state index is 13.4. The summed E-state index contributed by atoms with van der Waals surface area (Å²) in [5, 5.41) is 19.0. The second kappa shape index (κ2) is 11.4. The fourth-order valence-corrected chi connectivity index (χ4v) is 4.66. The third kappa shape index (κ3) is 6.03. The second-order valence-electron chi connectivity index (χ2n) is 7.31. The zero-order chi connectivity index (χ0) is 24.8. The topological polar surface area (TPSA) is 88.0 Å². The molecule has 4 rings (SSSR count). The van der Waals surface area contributed by atoms with Crippen LogP contribution in [0, 0.1) is 17.1 Å². The first kappa shape index (κ1) is 24.8. The first-order valence-corrected chi connectivity index (χ1v) is 12.2. The van der Waals surface area contributed by atoms with Gasteiger partial charge in [0.05, 0.1) is 36.1 Å². The van der Waals surface area contributed by atoms with Gasteiger partial charge in [-0.05, 0) is 54.6 Å². The first-order valence-electron chi connectivity index (χ1n) is 10.4. The number of hydrogen-bond donors (Lipinski definition) is 0. The van der Waals surface area contributed by atoms with Crippen LogP contribution in [0.4, 0.5) is 10.1 Å². The lowest BCUT2D eigenvalue weighted by Crippen LogP contribution is -2.33. The third-order valence-electron chi connectivity index (χ3n) is 4.99. The van der Waals surface area contributed by atoms with Gasteiger partial charge in [-0.1, -0.05) is 35.0 Å². The molecule has 11 heteroatoms. The molecule has 0 aliphatic rings. The van der Waals surface area contributed by atoms with E-state index in [0.717, 1.165) is 0 Å². The zero-order valence-corrected chi connectivity index (χ0v) is 20.5. The second-order valence-corrected chi connectivity index (χ2v) is 9.10. The SMILES string of the molecule is N#CCCN(C(=O)CSc1nnc(-c2ccc(Cl)cc2Cl)n1Cc1ccco1)c1ccc(F)cc1. The predicted molar refractivity (Wildman–Crippen MR) is 133 cm³/mol. The van der Waals surface area contributed by atoms with Crippen LogP contribution in [0.3, 0.4) is 0 Å². The number of anilines is 1. The molecule has 0 atom stereocenters. The largest absolute Gasteiger partial charge is 0.467 e. The predicted octanol–water partition coefficient (Wildman–Crippen LogP) is 6.07. The molecule has 2 heterocycles. The van der Waals surface area contributed by atoms with Crippen molar-refractivity contribution in [2.24, 2.45) is 0 Å². The normalized spacial score (nSPS) is 10.8. The standard InChI is InChI=1S/C24H18Cl2FN5O2S/c25-16-4-9-20(21(26)13-16)23-29-30-24(32(23)14-19-3-1-12-34-19)35-15-22(33)31(11-2-10-28)18-7-5-17(27)6-8-18/h1,3-9,12-13H,2,11,14-15H2. The van der Waals surface area contributed by atoms with Crippen LogP contribution in [0.25, 0.3) is 11.4 Å². The van der Waals surface area contributed by atoms with Crippen molar-refractivity contribution >= 4 is 46.6 Å². The Morgan fingerprint density at radius 3 is 2.66 bits per heavy atom. The van der Waals surface area contributed by atoms with Crippen LogP contribution in [0.2, 0.25) is 10.0 Å². The number of amides is 1. The Balaban J connectivity index is 1.60. The zero-order valence-electron chi connectivity index (χ0n) is 18.2. The maximum Gasteiger partial charge on any atom is 0.237 e. The van der Waals surface area contributed by atoms with Crippen molar-refractivity contribution in [1.82, 2.24) is 14.8 Å². The Hall–Kier alpha value is -3.32. The number of aromatic nitrogens is 3. The van der Waals surface area contributed by atoms with Crippen molar-refractivity contribution in [1.29, 1.82) is 5.26 Å². The van der Waals surface area contributed by atoms with Gasteiger partial charge in [-0.15, -0.1) is 10.2 Å². The van der Waals surface area contributed by atoms with Crippen LogP contribution in [0.5, 0.6) is 0 Å². The van der Waals surface area contributed by atoms with Gasteiger partial charge in [-0.2, -0.15) is 5.26 Å². The van der Waals surface area contributed by atoms with Crippen LogP contribution in [-0.2, 0) is 11.3 Å². The summed E-state index contributed by atoms with van der Waals surface area (Å²) < 4.78 is 20.7. The van der Waals surface area contributed by atoms with Gasteiger partial charge < -0.3 is 9.32 Å². The molecule has 0 N–H and O–H groups in total. The van der Waals surface area contributed by atoms with Crippen LogP contribution in [0.1, 0.15) is 12.2 Å². The van der Waals surface area contributed by atoms with Crippen molar-refractivity contribution in [2.45, 2.75) is 18.1 Å². The average molecular weight is 530 g/mol. The molecule has 0 radical (unpaired) electrons. The Bertz CT molecular complexity index is 1350. The number of thioether (sulfide) groups is 1. The van der Waals surface area contributed by atoms with Crippen LogP contribution in [0.15, 0.2) is 70.4 Å². The fourth-order valence-electron chi connectivity index (χ4n) is 3.35. The molecule has 7 nitrogen and oxygen atoms in total. The minimum atomic E-state index is -0.407. The number of benzene rings is 2. The van der Waals surface area contributed by atoms with Crippen LogP contribution < -0.4 is 4.90 Å². The van der Waals surface area contributed by atoms with Gasteiger partial charge in [0.2, 0.25) is 5.91 Å². The summed E-state index contributed by atoms with van der Waals surface area (Å²) in [5.74, 6) is 0.530. The molecule has 2 aromatic heterocycles. The van der Waals surface area contributed by atoms with E-state index in [1.165, 1.54) is 40.9 Å². The lowest BCUT2D eigenvalue weighted by Gasteiger charge is -2.21. The monoisotopic (exact) mass is 529 g/mol. The quantitative estimate of drug-likeness (QED) is 0.244. The van der Waals surface area contributed by atoms with Gasteiger partial charge in [0.1, 0.15) is 11.6 Å². The van der Waals surface area contributed by atoms with E-state index in [4.69, 9.17) is 32.9 Å². The highest BCUT2D eigenvalue weighted by molar-refractivity contribution is 7.99. The lowest BCUT2D eigenvalue weighted by molar-refractivity contribution is -0.116. The number of carbonyl (C=O) groups is 1. The summed E-state index contributed by atoms with van der Waals surface area (Å²) in [6.45, 7) is 0.507. The molecular formula is C24H18Cl2FN5O2S. The molecule has 0 spiro atoms. The van der Waals surface area contributed by atoms with Gasteiger partial charge in [-0.3, -0.25) is 9.36 Å². The van der Waals surface area contributed by atoms with Crippen molar-refractivity contribution in [2.75, 3.05) is 17.2 Å². The molecule has 0 unspecified atom stereocenters. The smallest absolute Gasteiger partial charge is 0.237 e. The highest BCUT2D eigenvalue weighted by Crippen LogP contribution is 2.32. The van der Waals surface area contributed by atoms with E-state index in [1.807, 2.05) is 16.7 Å². The Kier molecular flexibility index (Phi) is 8.08. The number of nitriles is 1. The maximum atomic E-state index is 13.4. The Labute approximate surface area is 215 Å². The summed E-state index contributed by atoms with van der Waals surface area (Å²) in [4.78, 5) is 14.6. The molecule has 1 amide bonds. The number of carbonyl (C=O) groups excluding carboxylic acids is 1. The van der Waals surface area contributed by atoms with Crippen molar-refractivity contribution in [3.63, 3.8) is 0 Å². The molecule has 0 aliphatic heterocycles. The molecule has 178 valence electrons. The average Bonchev–Trinajstić information content (AvgIpc) is 3.50. The molecule has 0 aliphatic carbocycles. The highest BCUT2D eigenvalue weighted by Gasteiger charge is 2.21. The molecule has 0 saturated heterocycles. The van der Waals surface area contributed by atoms with Gasteiger partial charge >= 0.3 is 0 Å². The van der Waals surface area contributed by atoms with E-state index < -0.39 is 5.82 Å². The van der Waals surface area contributed by atoms with E-state index in [2.05, 4.69) is 10.2 Å². The van der Waals surface area contributed by atoms with Gasteiger partial charge in [0.15, 0.2) is 11.0 Å².